The average molecular weight is 356 g/mol. The van der Waals surface area contributed by atoms with Crippen molar-refractivity contribution in [1.82, 2.24) is 0 Å². The Morgan fingerprint density at radius 1 is 0.846 bits per heavy atom. The minimum atomic E-state index is -0.616. The number of aryl methyl sites for hydroxylation is 1. The number of hydrogen-bond acceptors (Lipinski definition) is 6. The standard InChI is InChI=1S/C18H20N4O4/c1-13-4-3-5-16(14(13)2)19-8-10-20(11-9-19)17-7-6-15(21(23)24)12-18(17)22(25)26/h3-7,12H,8-11H2,1-2H3. The number of anilines is 2. The van der Waals surface area contributed by atoms with E-state index in [2.05, 4.69) is 30.9 Å². The lowest BCUT2D eigenvalue weighted by atomic mass is 10.1. The summed E-state index contributed by atoms with van der Waals surface area (Å²) in [6.07, 6.45) is 0. The Balaban J connectivity index is 1.81. The molecule has 1 aliphatic heterocycles. The predicted octanol–water partition coefficient (Wildman–Crippen LogP) is 3.45. The predicted molar refractivity (Wildman–Crippen MR) is 100 cm³/mol. The lowest BCUT2D eigenvalue weighted by molar-refractivity contribution is -0.393. The highest BCUT2D eigenvalue weighted by Gasteiger charge is 2.26. The van der Waals surface area contributed by atoms with E-state index in [4.69, 9.17) is 0 Å². The molecule has 0 aliphatic carbocycles. The number of hydrogen-bond donors (Lipinski definition) is 0. The van der Waals surface area contributed by atoms with Crippen LogP contribution in [0.3, 0.4) is 0 Å². The van der Waals surface area contributed by atoms with Gasteiger partial charge in [-0.05, 0) is 37.1 Å². The zero-order valence-electron chi connectivity index (χ0n) is 14.7. The second kappa shape index (κ2) is 6.99. The summed E-state index contributed by atoms with van der Waals surface area (Å²) in [5.41, 5.74) is 3.59. The largest absolute Gasteiger partial charge is 0.368 e. The summed E-state index contributed by atoms with van der Waals surface area (Å²) < 4.78 is 0. The van der Waals surface area contributed by atoms with Gasteiger partial charge in [-0.15, -0.1) is 0 Å². The summed E-state index contributed by atoms with van der Waals surface area (Å²) in [4.78, 5) is 25.3. The molecule has 0 bridgehead atoms. The number of nitro groups is 2. The second-order valence-corrected chi connectivity index (χ2v) is 6.38. The van der Waals surface area contributed by atoms with Gasteiger partial charge < -0.3 is 9.80 Å². The smallest absolute Gasteiger partial charge is 0.299 e. The summed E-state index contributed by atoms with van der Waals surface area (Å²) in [6.45, 7) is 6.88. The van der Waals surface area contributed by atoms with E-state index < -0.39 is 9.85 Å². The van der Waals surface area contributed by atoms with Gasteiger partial charge in [-0.2, -0.15) is 0 Å². The zero-order chi connectivity index (χ0) is 18.8. The fraction of sp³-hybridized carbons (Fsp3) is 0.333. The Hall–Kier alpha value is -3.16. The van der Waals surface area contributed by atoms with Crippen LogP contribution in [0.2, 0.25) is 0 Å². The molecule has 8 nitrogen and oxygen atoms in total. The summed E-state index contributed by atoms with van der Waals surface area (Å²) >= 11 is 0. The maximum atomic E-state index is 11.4. The maximum absolute atomic E-state index is 11.4. The highest BCUT2D eigenvalue weighted by molar-refractivity contribution is 5.68. The third-order valence-electron chi connectivity index (χ3n) is 4.90. The van der Waals surface area contributed by atoms with E-state index in [0.29, 0.717) is 18.8 Å². The monoisotopic (exact) mass is 356 g/mol. The summed E-state index contributed by atoms with van der Waals surface area (Å²) in [5, 5.41) is 22.2. The Morgan fingerprint density at radius 3 is 2.04 bits per heavy atom. The summed E-state index contributed by atoms with van der Waals surface area (Å²) in [6, 6.07) is 10.0. The van der Waals surface area contributed by atoms with Crippen molar-refractivity contribution < 1.29 is 9.85 Å². The van der Waals surface area contributed by atoms with E-state index in [1.165, 1.54) is 28.9 Å². The fourth-order valence-corrected chi connectivity index (χ4v) is 3.31. The first-order valence-electron chi connectivity index (χ1n) is 8.37. The second-order valence-electron chi connectivity index (χ2n) is 6.38. The molecule has 1 aliphatic rings. The number of nitrogens with zero attached hydrogens (tertiary/aromatic N) is 4. The first kappa shape index (κ1) is 17.7. The molecule has 136 valence electrons. The Kier molecular flexibility index (Phi) is 4.75. The minimum absolute atomic E-state index is 0.223. The highest BCUT2D eigenvalue weighted by atomic mass is 16.6. The number of piperazine rings is 1. The molecule has 1 saturated heterocycles. The average Bonchev–Trinajstić information content (AvgIpc) is 2.63. The van der Waals surface area contributed by atoms with Crippen LogP contribution in [0.5, 0.6) is 0 Å². The van der Waals surface area contributed by atoms with Gasteiger partial charge in [0.1, 0.15) is 5.69 Å². The van der Waals surface area contributed by atoms with Crippen LogP contribution in [0.4, 0.5) is 22.7 Å². The molecule has 2 aromatic rings. The van der Waals surface area contributed by atoms with E-state index in [9.17, 15) is 20.2 Å². The van der Waals surface area contributed by atoms with Crippen LogP contribution in [-0.2, 0) is 0 Å². The van der Waals surface area contributed by atoms with Gasteiger partial charge in [-0.1, -0.05) is 12.1 Å². The van der Waals surface area contributed by atoms with Gasteiger partial charge in [-0.25, -0.2) is 0 Å². The van der Waals surface area contributed by atoms with Crippen molar-refractivity contribution in [1.29, 1.82) is 0 Å². The van der Waals surface area contributed by atoms with Gasteiger partial charge in [0, 0.05) is 37.9 Å². The Morgan fingerprint density at radius 2 is 1.46 bits per heavy atom. The molecule has 26 heavy (non-hydrogen) atoms. The van der Waals surface area contributed by atoms with E-state index in [1.807, 2.05) is 11.0 Å². The van der Waals surface area contributed by atoms with Gasteiger partial charge in [-0.3, -0.25) is 20.2 Å². The molecular formula is C18H20N4O4. The van der Waals surface area contributed by atoms with E-state index in [1.54, 1.807) is 0 Å². The van der Waals surface area contributed by atoms with Gasteiger partial charge in [0.2, 0.25) is 0 Å². The van der Waals surface area contributed by atoms with Crippen LogP contribution in [0, 0.1) is 34.1 Å². The Labute approximate surface area is 150 Å². The quantitative estimate of drug-likeness (QED) is 0.615. The van der Waals surface area contributed by atoms with E-state index >= 15 is 0 Å². The van der Waals surface area contributed by atoms with Crippen molar-refractivity contribution >= 4 is 22.7 Å². The van der Waals surface area contributed by atoms with Crippen LogP contribution < -0.4 is 9.80 Å². The van der Waals surface area contributed by atoms with Crippen molar-refractivity contribution in [2.75, 3.05) is 36.0 Å². The lowest BCUT2D eigenvalue weighted by Crippen LogP contribution is -2.47. The van der Waals surface area contributed by atoms with E-state index in [-0.39, 0.29) is 11.4 Å². The molecule has 0 N–H and O–H groups in total. The third kappa shape index (κ3) is 3.30. The SMILES string of the molecule is Cc1cccc(N2CCN(c3ccc([N+](=O)[O-])cc3[N+](=O)[O-])CC2)c1C. The van der Waals surface area contributed by atoms with Crippen molar-refractivity contribution in [3.63, 3.8) is 0 Å². The topological polar surface area (TPSA) is 92.8 Å². The van der Waals surface area contributed by atoms with Crippen LogP contribution >= 0.6 is 0 Å². The summed E-state index contributed by atoms with van der Waals surface area (Å²) in [7, 11) is 0. The van der Waals surface area contributed by atoms with Crippen LogP contribution in [0.15, 0.2) is 36.4 Å². The van der Waals surface area contributed by atoms with E-state index in [0.717, 1.165) is 19.2 Å². The van der Waals surface area contributed by atoms with Gasteiger partial charge in [0.15, 0.2) is 0 Å². The van der Waals surface area contributed by atoms with Crippen LogP contribution in [-0.4, -0.2) is 36.0 Å². The van der Waals surface area contributed by atoms with Gasteiger partial charge >= 0.3 is 0 Å². The zero-order valence-corrected chi connectivity index (χ0v) is 14.7. The molecule has 0 saturated carbocycles. The molecule has 0 aromatic heterocycles. The van der Waals surface area contributed by atoms with Crippen molar-refractivity contribution in [2.24, 2.45) is 0 Å². The normalized spacial score (nSPS) is 14.4. The first-order chi connectivity index (χ1) is 12.4. The van der Waals surface area contributed by atoms with Crippen molar-refractivity contribution in [3.8, 4) is 0 Å². The third-order valence-corrected chi connectivity index (χ3v) is 4.90. The molecule has 0 unspecified atom stereocenters. The highest BCUT2D eigenvalue weighted by Crippen LogP contribution is 2.33. The molecule has 0 spiro atoms. The van der Waals surface area contributed by atoms with Crippen LogP contribution in [0.1, 0.15) is 11.1 Å². The summed E-state index contributed by atoms with van der Waals surface area (Å²) in [5.74, 6) is 0. The molecule has 8 heteroatoms. The molecule has 0 atom stereocenters. The molecule has 1 heterocycles. The van der Waals surface area contributed by atoms with Gasteiger partial charge in [0.05, 0.1) is 15.9 Å². The van der Waals surface area contributed by atoms with Crippen molar-refractivity contribution in [2.45, 2.75) is 13.8 Å². The van der Waals surface area contributed by atoms with Crippen LogP contribution in [0.25, 0.3) is 0 Å². The number of benzene rings is 2. The molecule has 0 radical (unpaired) electrons. The van der Waals surface area contributed by atoms with Crippen molar-refractivity contribution in [3.05, 3.63) is 67.8 Å². The number of non-ortho nitro benzene ring substituents is 1. The molecule has 3 rings (SSSR count). The first-order valence-corrected chi connectivity index (χ1v) is 8.37. The molecule has 0 amide bonds. The van der Waals surface area contributed by atoms with Gasteiger partial charge in [0.25, 0.3) is 11.4 Å². The molecule has 2 aromatic carbocycles. The maximum Gasteiger partial charge on any atom is 0.299 e. The minimum Gasteiger partial charge on any atom is -0.368 e. The number of nitro benzene ring substituents is 2. The fourth-order valence-electron chi connectivity index (χ4n) is 3.31. The molecular weight excluding hydrogens is 336 g/mol. The Bertz CT molecular complexity index is 860. The molecule has 1 fully saturated rings. The number of rotatable bonds is 4. The lowest BCUT2D eigenvalue weighted by Gasteiger charge is -2.37.